The van der Waals surface area contributed by atoms with Crippen LogP contribution in [0.3, 0.4) is 0 Å². The molecule has 1 saturated carbocycles. The minimum absolute atomic E-state index is 0.0169. The number of rotatable bonds is 9. The highest BCUT2D eigenvalue weighted by atomic mass is 32.2. The summed E-state index contributed by atoms with van der Waals surface area (Å²) >= 11 is 1.31. The maximum Gasteiger partial charge on any atom is 0.259 e. The maximum atomic E-state index is 13.7. The van der Waals surface area contributed by atoms with Crippen molar-refractivity contribution in [3.8, 4) is 11.5 Å². The Hall–Kier alpha value is -3.86. The molecule has 1 aliphatic carbocycles. The number of nitrogens with one attached hydrogen (secondary N) is 2. The molecule has 11 heteroatoms. The number of amides is 3. The van der Waals surface area contributed by atoms with Crippen LogP contribution in [0.5, 0.6) is 11.5 Å². The highest BCUT2D eigenvalue weighted by molar-refractivity contribution is 8.15. The Morgan fingerprint density at radius 2 is 1.90 bits per heavy atom. The van der Waals surface area contributed by atoms with Crippen molar-refractivity contribution >= 4 is 46.2 Å². The van der Waals surface area contributed by atoms with Gasteiger partial charge in [-0.05, 0) is 55.5 Å². The molecule has 10 nitrogen and oxygen atoms in total. The molecule has 1 fully saturated rings. The van der Waals surface area contributed by atoms with E-state index >= 15 is 0 Å². The first-order valence-corrected chi connectivity index (χ1v) is 15.6. The first-order chi connectivity index (χ1) is 20.5. The van der Waals surface area contributed by atoms with Gasteiger partial charge in [-0.1, -0.05) is 56.1 Å². The van der Waals surface area contributed by atoms with Crippen LogP contribution in [-0.2, 0) is 20.9 Å². The topological polar surface area (TPSA) is 122 Å². The van der Waals surface area contributed by atoms with Crippen molar-refractivity contribution < 1.29 is 23.9 Å². The summed E-state index contributed by atoms with van der Waals surface area (Å²) < 4.78 is 10.7. The van der Waals surface area contributed by atoms with E-state index in [1.54, 1.807) is 4.90 Å². The minimum atomic E-state index is -0.704. The second-order valence-electron chi connectivity index (χ2n) is 10.9. The van der Waals surface area contributed by atoms with Crippen LogP contribution in [-0.4, -0.2) is 57.8 Å². The van der Waals surface area contributed by atoms with Gasteiger partial charge >= 0.3 is 0 Å². The Morgan fingerprint density at radius 1 is 1.10 bits per heavy atom. The Morgan fingerprint density at radius 3 is 2.74 bits per heavy atom. The van der Waals surface area contributed by atoms with Crippen LogP contribution in [0.2, 0.25) is 0 Å². The monoisotopic (exact) mass is 589 g/mol. The second-order valence-corrected chi connectivity index (χ2v) is 12.1. The van der Waals surface area contributed by atoms with Crippen molar-refractivity contribution in [1.82, 2.24) is 15.5 Å². The van der Waals surface area contributed by atoms with Crippen LogP contribution >= 0.6 is 11.8 Å². The van der Waals surface area contributed by atoms with Gasteiger partial charge in [0, 0.05) is 24.6 Å². The average molecular weight is 590 g/mol. The van der Waals surface area contributed by atoms with Crippen LogP contribution in [0.4, 0.5) is 5.69 Å². The summed E-state index contributed by atoms with van der Waals surface area (Å²) in [6.45, 7) is 2.51. The number of carbonyl (C=O) groups is 3. The van der Waals surface area contributed by atoms with Gasteiger partial charge in [0.2, 0.25) is 18.6 Å². The summed E-state index contributed by atoms with van der Waals surface area (Å²) in [4.78, 5) is 50.7. The quantitative estimate of drug-likeness (QED) is 0.446. The van der Waals surface area contributed by atoms with Crippen molar-refractivity contribution in [2.45, 2.75) is 82.2 Å². The average Bonchev–Trinajstić information content (AvgIpc) is 3.62. The largest absolute Gasteiger partial charge is 0.454 e. The van der Waals surface area contributed by atoms with Gasteiger partial charge in [0.15, 0.2) is 16.7 Å². The smallest absolute Gasteiger partial charge is 0.259 e. The number of hydrogen-bond acceptors (Lipinski definition) is 8. The zero-order valence-corrected chi connectivity index (χ0v) is 24.5. The number of carbonyl (C=O) groups excluding carboxylic acids is 3. The molecule has 0 bridgehead atoms. The third-order valence-corrected chi connectivity index (χ3v) is 9.30. The molecular formula is C31H35N5O5S. The van der Waals surface area contributed by atoms with Gasteiger partial charge in [0.05, 0.1) is 10.9 Å². The number of thioether (sulfide) groups is 1. The van der Waals surface area contributed by atoms with Gasteiger partial charge < -0.3 is 20.1 Å². The fraction of sp³-hybridized carbons (Fsp3) is 0.452. The van der Waals surface area contributed by atoms with E-state index in [4.69, 9.17) is 19.5 Å². The summed E-state index contributed by atoms with van der Waals surface area (Å²) in [7, 11) is 0. The van der Waals surface area contributed by atoms with E-state index in [0.717, 1.165) is 36.8 Å². The Kier molecular flexibility index (Phi) is 8.46. The first kappa shape index (κ1) is 28.3. The van der Waals surface area contributed by atoms with Crippen molar-refractivity contribution in [1.29, 1.82) is 0 Å². The van der Waals surface area contributed by atoms with Crippen LogP contribution in [0.25, 0.3) is 0 Å². The van der Waals surface area contributed by atoms with Crippen molar-refractivity contribution in [2.75, 3.05) is 6.79 Å². The van der Waals surface area contributed by atoms with Crippen LogP contribution < -0.4 is 20.1 Å². The fourth-order valence-electron chi connectivity index (χ4n) is 5.67. The summed E-state index contributed by atoms with van der Waals surface area (Å²) in [6, 6.07) is 12.6. The molecular weight excluding hydrogens is 554 g/mol. The van der Waals surface area contributed by atoms with Gasteiger partial charge in [0.1, 0.15) is 11.9 Å². The van der Waals surface area contributed by atoms with Crippen LogP contribution in [0, 0.1) is 0 Å². The van der Waals surface area contributed by atoms with Crippen molar-refractivity contribution in [2.24, 2.45) is 9.98 Å². The lowest BCUT2D eigenvalue weighted by atomic mass is 9.95. The standard InChI is InChI=1S/C31H35N5O5S/c1-2-26(29(38)33-20-8-4-3-5-9-20)42-31-35-22-11-7-6-10-21(22)28-34-23(30(39)36(28)31)13-15-27(37)32-17-19-12-14-24-25(16-19)41-18-40-24/h6-7,10-12,14,16,20,23,26H,2-5,8-9,13,15,17-18H2,1H3,(H,32,37)(H,33,38)/t23-,26+/m0/s1. The molecule has 0 spiro atoms. The lowest BCUT2D eigenvalue weighted by Crippen LogP contribution is -2.45. The third-order valence-electron chi connectivity index (χ3n) is 7.98. The zero-order chi connectivity index (χ0) is 29.1. The molecule has 3 amide bonds. The number of aliphatic imine (C=N–C) groups is 2. The highest BCUT2D eigenvalue weighted by Crippen LogP contribution is 2.36. The molecule has 220 valence electrons. The number of nitrogens with zero attached hydrogens (tertiary/aromatic N) is 3. The second kappa shape index (κ2) is 12.6. The van der Waals surface area contributed by atoms with E-state index in [1.807, 2.05) is 49.4 Å². The van der Waals surface area contributed by atoms with E-state index in [2.05, 4.69) is 10.6 Å². The molecule has 3 aliphatic heterocycles. The van der Waals surface area contributed by atoms with Crippen LogP contribution in [0.1, 0.15) is 69.4 Å². The molecule has 0 aromatic heterocycles. The molecule has 2 aromatic rings. The highest BCUT2D eigenvalue weighted by Gasteiger charge is 2.42. The molecule has 4 aliphatic rings. The van der Waals surface area contributed by atoms with Gasteiger partial charge in [-0.25, -0.2) is 9.89 Å². The number of para-hydroxylation sites is 1. The van der Waals surface area contributed by atoms with Gasteiger partial charge in [-0.15, -0.1) is 0 Å². The lowest BCUT2D eigenvalue weighted by Gasteiger charge is -2.29. The molecule has 42 heavy (non-hydrogen) atoms. The van der Waals surface area contributed by atoms with Crippen molar-refractivity contribution in [3.05, 3.63) is 53.6 Å². The van der Waals surface area contributed by atoms with E-state index in [-0.39, 0.29) is 48.6 Å². The minimum Gasteiger partial charge on any atom is -0.454 e. The van der Waals surface area contributed by atoms with E-state index in [1.165, 1.54) is 18.2 Å². The predicted octanol–water partition coefficient (Wildman–Crippen LogP) is 4.43. The third kappa shape index (κ3) is 6.01. The van der Waals surface area contributed by atoms with E-state index in [0.29, 0.717) is 41.2 Å². The molecule has 0 radical (unpaired) electrons. The SMILES string of the molecule is CC[C@@H](SC1=Nc2ccccc2C2=N[C@@H](CCC(=O)NCc3ccc4c(c3)OCO4)C(=O)N12)C(=O)NC1CCCCC1. The van der Waals surface area contributed by atoms with Crippen LogP contribution in [0.15, 0.2) is 52.4 Å². The fourth-order valence-corrected chi connectivity index (χ4v) is 6.70. The van der Waals surface area contributed by atoms with Crippen molar-refractivity contribution in [3.63, 3.8) is 0 Å². The summed E-state index contributed by atoms with van der Waals surface area (Å²) in [5.41, 5.74) is 2.38. The van der Waals surface area contributed by atoms with Gasteiger partial charge in [-0.2, -0.15) is 0 Å². The molecule has 3 heterocycles. The van der Waals surface area contributed by atoms with E-state index in [9.17, 15) is 14.4 Å². The Labute approximate surface area is 249 Å². The van der Waals surface area contributed by atoms with E-state index < -0.39 is 6.04 Å². The molecule has 0 unspecified atom stereocenters. The summed E-state index contributed by atoms with van der Waals surface area (Å²) in [5.74, 6) is 1.48. The number of amidine groups is 2. The number of hydrogen-bond donors (Lipinski definition) is 2. The Bertz CT molecular complexity index is 1440. The van der Waals surface area contributed by atoms with Gasteiger partial charge in [-0.3, -0.25) is 19.4 Å². The summed E-state index contributed by atoms with van der Waals surface area (Å²) in [5, 5.41) is 6.21. The molecule has 0 saturated heterocycles. The summed E-state index contributed by atoms with van der Waals surface area (Å²) in [6.07, 6.45) is 6.53. The number of ether oxygens (including phenoxy) is 2. The number of fused-ring (bicyclic) bond motifs is 4. The molecule has 2 N–H and O–H groups in total. The zero-order valence-electron chi connectivity index (χ0n) is 23.6. The number of benzene rings is 2. The lowest BCUT2D eigenvalue weighted by molar-refractivity contribution is -0.125. The normalized spacial score (nSPS) is 19.9. The molecule has 6 rings (SSSR count). The molecule has 2 atom stereocenters. The maximum absolute atomic E-state index is 13.7. The predicted molar refractivity (Wildman–Crippen MR) is 161 cm³/mol. The Balaban J connectivity index is 1.11. The first-order valence-electron chi connectivity index (χ1n) is 14.7. The molecule has 2 aromatic carbocycles. The van der Waals surface area contributed by atoms with Gasteiger partial charge in [0.25, 0.3) is 5.91 Å².